The lowest BCUT2D eigenvalue weighted by atomic mass is 10.1. The lowest BCUT2D eigenvalue weighted by Gasteiger charge is -2.27. The van der Waals surface area contributed by atoms with E-state index in [9.17, 15) is 5.26 Å². The highest BCUT2D eigenvalue weighted by atomic mass is 28.4. The summed E-state index contributed by atoms with van der Waals surface area (Å²) < 4.78 is 5.89. The average Bonchev–Trinajstić information content (AvgIpc) is 2.26. The van der Waals surface area contributed by atoms with Gasteiger partial charge in [-0.25, -0.2) is 0 Å². The first-order chi connectivity index (χ1) is 7.85. The Morgan fingerprint density at radius 1 is 1.24 bits per heavy atom. The Bertz CT molecular complexity index is 428. The summed E-state index contributed by atoms with van der Waals surface area (Å²) in [6, 6.07) is 12.2. The van der Waals surface area contributed by atoms with Crippen molar-refractivity contribution in [3.63, 3.8) is 0 Å². The van der Waals surface area contributed by atoms with E-state index < -0.39 is 13.9 Å². The number of nitriles is 1. The molecule has 1 aromatic rings. The molecule has 2 nitrogen and oxygen atoms in total. The SMILES string of the molecule is CC(C#N)(C=Cc1ccccc1)O[Si](C)(C)C. The van der Waals surface area contributed by atoms with Gasteiger partial charge in [-0.2, -0.15) is 5.26 Å². The van der Waals surface area contributed by atoms with Gasteiger partial charge in [0.1, 0.15) is 6.07 Å². The van der Waals surface area contributed by atoms with E-state index in [2.05, 4.69) is 25.7 Å². The van der Waals surface area contributed by atoms with E-state index in [1.165, 1.54) is 0 Å². The first-order valence-electron chi connectivity index (χ1n) is 5.70. The lowest BCUT2D eigenvalue weighted by molar-refractivity contribution is 0.193. The Morgan fingerprint density at radius 3 is 2.29 bits per heavy atom. The molecule has 1 unspecified atom stereocenters. The zero-order valence-corrected chi connectivity index (χ0v) is 11.9. The smallest absolute Gasteiger partial charge is 0.186 e. The Labute approximate surface area is 105 Å². The van der Waals surface area contributed by atoms with Crippen LogP contribution in [0.25, 0.3) is 6.08 Å². The van der Waals surface area contributed by atoms with E-state index in [0.29, 0.717) is 0 Å². The van der Waals surface area contributed by atoms with E-state index in [4.69, 9.17) is 4.43 Å². The predicted octanol–water partition coefficient (Wildman–Crippen LogP) is 3.83. The van der Waals surface area contributed by atoms with Gasteiger partial charge in [-0.15, -0.1) is 0 Å². The van der Waals surface area contributed by atoms with Crippen molar-refractivity contribution in [3.8, 4) is 6.07 Å². The first kappa shape index (κ1) is 13.7. The molecule has 0 amide bonds. The van der Waals surface area contributed by atoms with Crippen molar-refractivity contribution in [1.82, 2.24) is 0 Å². The average molecular weight is 245 g/mol. The molecule has 0 saturated carbocycles. The van der Waals surface area contributed by atoms with Crippen LogP contribution in [0.1, 0.15) is 12.5 Å². The molecule has 0 aliphatic heterocycles. The van der Waals surface area contributed by atoms with Gasteiger partial charge in [0.2, 0.25) is 0 Å². The van der Waals surface area contributed by atoms with E-state index in [1.54, 1.807) is 0 Å². The summed E-state index contributed by atoms with van der Waals surface area (Å²) >= 11 is 0. The van der Waals surface area contributed by atoms with Crippen LogP contribution < -0.4 is 0 Å². The Kier molecular flexibility index (Phi) is 4.27. The summed E-state index contributed by atoms with van der Waals surface area (Å²) in [6.07, 6.45) is 3.77. The van der Waals surface area contributed by atoms with Gasteiger partial charge in [0.05, 0.1) is 0 Å². The van der Waals surface area contributed by atoms with Crippen molar-refractivity contribution < 1.29 is 4.43 Å². The zero-order chi connectivity index (χ0) is 12.9. The number of hydrogen-bond donors (Lipinski definition) is 0. The third-order valence-corrected chi connectivity index (χ3v) is 3.17. The molecule has 0 aliphatic carbocycles. The maximum Gasteiger partial charge on any atom is 0.186 e. The van der Waals surface area contributed by atoms with Crippen molar-refractivity contribution in [2.24, 2.45) is 0 Å². The van der Waals surface area contributed by atoms with E-state index in [1.807, 2.05) is 49.4 Å². The Morgan fingerprint density at radius 2 is 1.82 bits per heavy atom. The van der Waals surface area contributed by atoms with Crippen LogP contribution in [0, 0.1) is 11.3 Å². The maximum absolute atomic E-state index is 9.22. The van der Waals surface area contributed by atoms with E-state index >= 15 is 0 Å². The molecule has 0 aromatic heterocycles. The van der Waals surface area contributed by atoms with Crippen LogP contribution in [0.3, 0.4) is 0 Å². The molecule has 1 atom stereocenters. The minimum Gasteiger partial charge on any atom is -0.397 e. The molecule has 1 aromatic carbocycles. The highest BCUT2D eigenvalue weighted by Gasteiger charge is 2.28. The normalized spacial score (nSPS) is 15.5. The fraction of sp³-hybridized carbons (Fsp3) is 0.357. The van der Waals surface area contributed by atoms with Gasteiger partial charge >= 0.3 is 0 Å². The van der Waals surface area contributed by atoms with E-state index in [-0.39, 0.29) is 0 Å². The predicted molar refractivity (Wildman–Crippen MR) is 73.9 cm³/mol. The van der Waals surface area contributed by atoms with Crippen molar-refractivity contribution in [1.29, 1.82) is 5.26 Å². The number of rotatable bonds is 4. The minimum atomic E-state index is -1.73. The summed E-state index contributed by atoms with van der Waals surface area (Å²) in [7, 11) is -1.73. The second-order valence-corrected chi connectivity index (χ2v) is 9.61. The second-order valence-electron chi connectivity index (χ2n) is 5.18. The summed E-state index contributed by atoms with van der Waals surface area (Å²) in [4.78, 5) is 0. The fourth-order valence-corrected chi connectivity index (χ4v) is 2.94. The van der Waals surface area contributed by atoms with Crippen LogP contribution in [-0.4, -0.2) is 13.9 Å². The third-order valence-electron chi connectivity index (χ3n) is 2.13. The molecule has 0 N–H and O–H groups in total. The highest BCUT2D eigenvalue weighted by molar-refractivity contribution is 6.69. The van der Waals surface area contributed by atoms with Crippen LogP contribution in [0.2, 0.25) is 19.6 Å². The third kappa shape index (κ3) is 4.99. The van der Waals surface area contributed by atoms with Crippen LogP contribution in [0.15, 0.2) is 36.4 Å². The van der Waals surface area contributed by atoms with Crippen LogP contribution in [-0.2, 0) is 4.43 Å². The molecule has 0 radical (unpaired) electrons. The Hall–Kier alpha value is -1.37. The number of benzene rings is 1. The molecule has 0 aliphatic rings. The van der Waals surface area contributed by atoms with Gasteiger partial charge < -0.3 is 4.43 Å². The molecule has 0 saturated heterocycles. The first-order valence-corrected chi connectivity index (χ1v) is 9.11. The van der Waals surface area contributed by atoms with E-state index in [0.717, 1.165) is 5.56 Å². The largest absolute Gasteiger partial charge is 0.397 e. The molecule has 0 spiro atoms. The van der Waals surface area contributed by atoms with Crippen LogP contribution in [0.5, 0.6) is 0 Å². The second kappa shape index (κ2) is 5.31. The van der Waals surface area contributed by atoms with Gasteiger partial charge in [0.25, 0.3) is 0 Å². The molecule has 0 fully saturated rings. The lowest BCUT2D eigenvalue weighted by Crippen LogP contribution is -2.38. The summed E-state index contributed by atoms with van der Waals surface area (Å²) in [5, 5.41) is 9.22. The number of hydrogen-bond acceptors (Lipinski definition) is 2. The van der Waals surface area contributed by atoms with Crippen LogP contribution >= 0.6 is 0 Å². The van der Waals surface area contributed by atoms with Gasteiger partial charge in [0, 0.05) is 0 Å². The summed E-state index contributed by atoms with van der Waals surface area (Å²) in [5.74, 6) is 0. The zero-order valence-electron chi connectivity index (χ0n) is 10.9. The molecule has 1 rings (SSSR count). The van der Waals surface area contributed by atoms with Crippen molar-refractivity contribution in [2.45, 2.75) is 32.2 Å². The topological polar surface area (TPSA) is 33.0 Å². The quantitative estimate of drug-likeness (QED) is 0.755. The minimum absolute atomic E-state index is 0.833. The van der Waals surface area contributed by atoms with Gasteiger partial charge in [-0.3, -0.25) is 0 Å². The summed E-state index contributed by atoms with van der Waals surface area (Å²) in [5.41, 5.74) is 0.244. The maximum atomic E-state index is 9.22. The highest BCUT2D eigenvalue weighted by Crippen LogP contribution is 2.19. The monoisotopic (exact) mass is 245 g/mol. The van der Waals surface area contributed by atoms with Gasteiger partial charge in [-0.1, -0.05) is 36.4 Å². The standard InChI is InChI=1S/C14H19NOSi/c1-14(12-15,16-17(2,3)4)11-10-13-8-6-5-7-9-13/h5-11H,1-4H3. The van der Waals surface area contributed by atoms with Crippen molar-refractivity contribution >= 4 is 14.4 Å². The van der Waals surface area contributed by atoms with Crippen molar-refractivity contribution in [3.05, 3.63) is 42.0 Å². The molecular formula is C14H19NOSi. The number of nitrogens with zero attached hydrogens (tertiary/aromatic N) is 1. The van der Waals surface area contributed by atoms with Gasteiger partial charge in [-0.05, 0) is 38.2 Å². The molecule has 90 valence electrons. The Balaban J connectivity index is 2.84. The van der Waals surface area contributed by atoms with Crippen molar-refractivity contribution in [2.75, 3.05) is 0 Å². The molecule has 0 bridgehead atoms. The summed E-state index contributed by atoms with van der Waals surface area (Å²) in [6.45, 7) is 8.06. The molecular weight excluding hydrogens is 226 g/mol. The molecule has 0 heterocycles. The molecule has 17 heavy (non-hydrogen) atoms. The van der Waals surface area contributed by atoms with Crippen LogP contribution in [0.4, 0.5) is 0 Å². The fourth-order valence-electron chi connectivity index (χ4n) is 1.55. The molecule has 3 heteroatoms. The van der Waals surface area contributed by atoms with Gasteiger partial charge in [0.15, 0.2) is 13.9 Å².